The largest absolute Gasteiger partial charge is 0.309 e. The Hall–Kier alpha value is -0.430. The Balaban J connectivity index is 1.98. The third kappa shape index (κ3) is 4.27. The summed E-state index contributed by atoms with van der Waals surface area (Å²) in [4.78, 5) is 1.48. The summed E-state index contributed by atoms with van der Waals surface area (Å²) in [7, 11) is -3.35. The third-order valence-electron chi connectivity index (χ3n) is 3.39. The SMILES string of the molecule is CCC(CC)NS(=O)(=O)c1csc(CNC2CC2)c1. The van der Waals surface area contributed by atoms with Gasteiger partial charge in [-0.05, 0) is 31.7 Å². The first kappa shape index (κ1) is 15.0. The molecule has 1 aromatic rings. The van der Waals surface area contributed by atoms with Crippen molar-refractivity contribution in [3.8, 4) is 0 Å². The highest BCUT2D eigenvalue weighted by atomic mass is 32.2. The molecule has 0 radical (unpaired) electrons. The molecule has 0 unspecified atom stereocenters. The summed E-state index contributed by atoms with van der Waals surface area (Å²) < 4.78 is 27.2. The Morgan fingerprint density at radius 2 is 2.05 bits per heavy atom. The molecule has 1 fully saturated rings. The van der Waals surface area contributed by atoms with Crippen LogP contribution in [0.25, 0.3) is 0 Å². The normalized spacial score (nSPS) is 16.2. The van der Waals surface area contributed by atoms with E-state index in [1.165, 1.54) is 24.2 Å². The van der Waals surface area contributed by atoms with E-state index in [2.05, 4.69) is 10.0 Å². The van der Waals surface area contributed by atoms with Gasteiger partial charge in [-0.1, -0.05) is 13.8 Å². The van der Waals surface area contributed by atoms with E-state index >= 15 is 0 Å². The Labute approximate surface area is 119 Å². The van der Waals surface area contributed by atoms with Gasteiger partial charge in [0.15, 0.2) is 0 Å². The number of thiophene rings is 1. The summed E-state index contributed by atoms with van der Waals surface area (Å²) in [6.07, 6.45) is 4.12. The first-order chi connectivity index (χ1) is 9.05. The predicted octanol–water partition coefficient (Wildman–Crippen LogP) is 2.47. The minimum absolute atomic E-state index is 0.0259. The molecule has 2 N–H and O–H groups in total. The fourth-order valence-corrected chi connectivity index (χ4v) is 4.50. The third-order valence-corrected chi connectivity index (χ3v) is 5.98. The summed E-state index contributed by atoms with van der Waals surface area (Å²) >= 11 is 1.51. The van der Waals surface area contributed by atoms with Crippen molar-refractivity contribution in [1.29, 1.82) is 0 Å². The highest BCUT2D eigenvalue weighted by molar-refractivity contribution is 7.89. The van der Waals surface area contributed by atoms with E-state index in [-0.39, 0.29) is 6.04 Å². The van der Waals surface area contributed by atoms with E-state index in [9.17, 15) is 8.42 Å². The molecular weight excluding hydrogens is 280 g/mol. The van der Waals surface area contributed by atoms with Crippen molar-refractivity contribution in [3.05, 3.63) is 16.3 Å². The quantitative estimate of drug-likeness (QED) is 0.775. The zero-order valence-electron chi connectivity index (χ0n) is 11.5. The highest BCUT2D eigenvalue weighted by Crippen LogP contribution is 2.23. The summed E-state index contributed by atoms with van der Waals surface area (Å²) in [5.74, 6) is 0. The maximum absolute atomic E-state index is 12.2. The van der Waals surface area contributed by atoms with Gasteiger partial charge in [0.05, 0.1) is 4.90 Å². The van der Waals surface area contributed by atoms with Gasteiger partial charge in [0.25, 0.3) is 0 Å². The summed E-state index contributed by atoms with van der Waals surface area (Å²) in [5.41, 5.74) is 0. The highest BCUT2D eigenvalue weighted by Gasteiger charge is 2.22. The molecule has 0 saturated heterocycles. The van der Waals surface area contributed by atoms with E-state index in [0.29, 0.717) is 10.9 Å². The van der Waals surface area contributed by atoms with Crippen LogP contribution in [0.5, 0.6) is 0 Å². The second-order valence-corrected chi connectivity index (χ2v) is 7.75. The molecule has 1 saturated carbocycles. The van der Waals surface area contributed by atoms with Crippen molar-refractivity contribution in [1.82, 2.24) is 10.0 Å². The van der Waals surface area contributed by atoms with Crippen LogP contribution < -0.4 is 10.0 Å². The van der Waals surface area contributed by atoms with Gasteiger partial charge in [-0.15, -0.1) is 11.3 Å². The zero-order chi connectivity index (χ0) is 13.9. The molecule has 0 aromatic carbocycles. The molecule has 1 aliphatic rings. The van der Waals surface area contributed by atoms with Gasteiger partial charge < -0.3 is 5.32 Å². The first-order valence-corrected chi connectivity index (χ1v) is 9.24. The topological polar surface area (TPSA) is 58.2 Å². The van der Waals surface area contributed by atoms with Crippen molar-refractivity contribution in [2.24, 2.45) is 0 Å². The first-order valence-electron chi connectivity index (χ1n) is 6.88. The van der Waals surface area contributed by atoms with Gasteiger partial charge in [0, 0.05) is 28.9 Å². The van der Waals surface area contributed by atoms with Gasteiger partial charge >= 0.3 is 0 Å². The van der Waals surface area contributed by atoms with Crippen molar-refractivity contribution in [2.45, 2.75) is 63.1 Å². The van der Waals surface area contributed by atoms with Gasteiger partial charge in [-0.25, -0.2) is 13.1 Å². The molecule has 1 aromatic heterocycles. The lowest BCUT2D eigenvalue weighted by Crippen LogP contribution is -2.33. The van der Waals surface area contributed by atoms with Crippen molar-refractivity contribution in [3.63, 3.8) is 0 Å². The molecule has 0 bridgehead atoms. The summed E-state index contributed by atoms with van der Waals surface area (Å²) in [6, 6.07) is 2.45. The molecule has 19 heavy (non-hydrogen) atoms. The van der Waals surface area contributed by atoms with Crippen LogP contribution in [0.1, 0.15) is 44.4 Å². The second-order valence-electron chi connectivity index (χ2n) is 5.04. The maximum atomic E-state index is 12.2. The Bertz CT molecular complexity index is 502. The van der Waals surface area contributed by atoms with Crippen LogP contribution >= 0.6 is 11.3 Å². The van der Waals surface area contributed by atoms with Crippen LogP contribution in [-0.2, 0) is 16.6 Å². The second kappa shape index (κ2) is 6.35. The molecule has 108 valence electrons. The van der Waals surface area contributed by atoms with Crippen LogP contribution in [-0.4, -0.2) is 20.5 Å². The van der Waals surface area contributed by atoms with Crippen LogP contribution in [0.2, 0.25) is 0 Å². The van der Waals surface area contributed by atoms with Gasteiger partial charge in [0.1, 0.15) is 0 Å². The molecule has 0 atom stereocenters. The maximum Gasteiger partial charge on any atom is 0.241 e. The lowest BCUT2D eigenvalue weighted by atomic mass is 10.2. The van der Waals surface area contributed by atoms with E-state index in [4.69, 9.17) is 0 Å². The lowest BCUT2D eigenvalue weighted by Gasteiger charge is -2.13. The summed E-state index contributed by atoms with van der Waals surface area (Å²) in [6.45, 7) is 4.76. The number of hydrogen-bond acceptors (Lipinski definition) is 4. The lowest BCUT2D eigenvalue weighted by molar-refractivity contribution is 0.530. The minimum Gasteiger partial charge on any atom is -0.309 e. The van der Waals surface area contributed by atoms with Crippen LogP contribution in [0.15, 0.2) is 16.3 Å². The predicted molar refractivity (Wildman–Crippen MR) is 78.9 cm³/mol. The minimum atomic E-state index is -3.35. The molecule has 0 aliphatic heterocycles. The van der Waals surface area contributed by atoms with Gasteiger partial charge in [-0.2, -0.15) is 0 Å². The molecule has 2 rings (SSSR count). The number of nitrogens with one attached hydrogen (secondary N) is 2. The Morgan fingerprint density at radius 3 is 2.63 bits per heavy atom. The standard InChI is InChI=1S/C13H22N2O2S2/c1-3-10(4-2)15-19(16,17)13-7-12(18-9-13)8-14-11-5-6-11/h7,9-11,14-15H,3-6,8H2,1-2H3. The molecule has 1 aliphatic carbocycles. The molecule has 1 heterocycles. The molecule has 4 nitrogen and oxygen atoms in total. The van der Waals surface area contributed by atoms with E-state index in [0.717, 1.165) is 24.3 Å². The monoisotopic (exact) mass is 302 g/mol. The fraction of sp³-hybridized carbons (Fsp3) is 0.692. The van der Waals surface area contributed by atoms with Crippen LogP contribution in [0, 0.1) is 0 Å². The van der Waals surface area contributed by atoms with Crippen LogP contribution in [0.3, 0.4) is 0 Å². The van der Waals surface area contributed by atoms with E-state index < -0.39 is 10.0 Å². The van der Waals surface area contributed by atoms with Crippen LogP contribution in [0.4, 0.5) is 0 Å². The Kier molecular flexibility index (Phi) is 5.00. The fourth-order valence-electron chi connectivity index (χ4n) is 1.87. The van der Waals surface area contributed by atoms with E-state index in [1.54, 1.807) is 11.4 Å². The van der Waals surface area contributed by atoms with E-state index in [1.807, 2.05) is 13.8 Å². The zero-order valence-corrected chi connectivity index (χ0v) is 13.1. The van der Waals surface area contributed by atoms with Gasteiger partial charge in [0.2, 0.25) is 10.0 Å². The van der Waals surface area contributed by atoms with Crippen molar-refractivity contribution < 1.29 is 8.42 Å². The molecule has 6 heteroatoms. The van der Waals surface area contributed by atoms with Crippen molar-refractivity contribution >= 4 is 21.4 Å². The number of hydrogen-bond donors (Lipinski definition) is 2. The van der Waals surface area contributed by atoms with Gasteiger partial charge in [-0.3, -0.25) is 0 Å². The van der Waals surface area contributed by atoms with Crippen molar-refractivity contribution in [2.75, 3.05) is 0 Å². The summed E-state index contributed by atoms with van der Waals surface area (Å²) in [5, 5.41) is 5.13. The smallest absolute Gasteiger partial charge is 0.241 e. The number of sulfonamides is 1. The Morgan fingerprint density at radius 1 is 1.37 bits per heavy atom. The molecule has 0 amide bonds. The average molecular weight is 302 g/mol. The number of rotatable bonds is 8. The molecular formula is C13H22N2O2S2. The average Bonchev–Trinajstić information content (AvgIpc) is 3.09. The molecule has 0 spiro atoms.